The number of rotatable bonds is 7. The molecule has 18 heavy (non-hydrogen) atoms. The minimum absolute atomic E-state index is 0.0423. The van der Waals surface area contributed by atoms with Crippen LogP contribution in [0.4, 0.5) is 10.7 Å². The van der Waals surface area contributed by atoms with Crippen LogP contribution in [0.15, 0.2) is 11.4 Å². The number of unbranched alkanes of at least 4 members (excludes halogenated alkanes) is 3. The molecule has 6 heteroatoms. The summed E-state index contributed by atoms with van der Waals surface area (Å²) in [6.07, 6.45) is 4.16. The summed E-state index contributed by atoms with van der Waals surface area (Å²) < 4.78 is 0. The van der Waals surface area contributed by atoms with E-state index in [-0.39, 0.29) is 10.9 Å². The molecule has 100 valence electrons. The van der Waals surface area contributed by atoms with Gasteiger partial charge < -0.3 is 4.90 Å². The predicted octanol–water partition coefficient (Wildman–Crippen LogP) is 3.59. The van der Waals surface area contributed by atoms with Crippen molar-refractivity contribution in [1.82, 2.24) is 0 Å². The van der Waals surface area contributed by atoms with Crippen LogP contribution < -0.4 is 4.90 Å². The summed E-state index contributed by atoms with van der Waals surface area (Å²) in [4.78, 5) is 23.5. The topological polar surface area (TPSA) is 63.5 Å². The molecule has 1 aromatic heterocycles. The number of hydrogen-bond acceptors (Lipinski definition) is 4. The van der Waals surface area contributed by atoms with Gasteiger partial charge in [0.1, 0.15) is 5.69 Å². The number of carbonyl (C=O) groups is 1. The van der Waals surface area contributed by atoms with Crippen molar-refractivity contribution < 1.29 is 9.72 Å². The molecule has 0 bridgehead atoms. The van der Waals surface area contributed by atoms with E-state index in [1.54, 1.807) is 11.4 Å². The molecule has 0 spiro atoms. The molecule has 0 unspecified atom stereocenters. The van der Waals surface area contributed by atoms with Crippen molar-refractivity contribution in [2.24, 2.45) is 0 Å². The van der Waals surface area contributed by atoms with Gasteiger partial charge in [-0.25, -0.2) is 0 Å². The van der Waals surface area contributed by atoms with Crippen molar-refractivity contribution >= 4 is 27.9 Å². The summed E-state index contributed by atoms with van der Waals surface area (Å²) in [5, 5.41) is 12.6. The van der Waals surface area contributed by atoms with E-state index >= 15 is 0 Å². The minimum Gasteiger partial charge on any atom is -0.306 e. The van der Waals surface area contributed by atoms with Crippen molar-refractivity contribution in [1.29, 1.82) is 0 Å². The van der Waals surface area contributed by atoms with E-state index in [0.717, 1.165) is 37.0 Å². The maximum Gasteiger partial charge on any atom is 0.347 e. The molecule has 0 N–H and O–H groups in total. The van der Waals surface area contributed by atoms with Crippen LogP contribution in [-0.4, -0.2) is 17.4 Å². The number of nitro groups is 1. The SMILES string of the molecule is CCCCCCN(C(C)=O)c1ccsc1[N+](=O)[O-]. The number of carbonyl (C=O) groups excluding carboxylic acids is 1. The fourth-order valence-electron chi connectivity index (χ4n) is 1.78. The van der Waals surface area contributed by atoms with E-state index in [0.29, 0.717) is 12.2 Å². The van der Waals surface area contributed by atoms with E-state index in [4.69, 9.17) is 0 Å². The lowest BCUT2D eigenvalue weighted by molar-refractivity contribution is -0.379. The molecule has 0 saturated heterocycles. The highest BCUT2D eigenvalue weighted by Gasteiger charge is 2.23. The molecule has 1 amide bonds. The Bertz CT molecular complexity index is 417. The van der Waals surface area contributed by atoms with Gasteiger partial charge in [-0.15, -0.1) is 0 Å². The first-order valence-corrected chi connectivity index (χ1v) is 6.95. The Balaban J connectivity index is 2.75. The summed E-state index contributed by atoms with van der Waals surface area (Å²) in [6, 6.07) is 1.64. The zero-order chi connectivity index (χ0) is 13.5. The van der Waals surface area contributed by atoms with Crippen LogP contribution in [0.2, 0.25) is 0 Å². The van der Waals surface area contributed by atoms with Crippen LogP contribution in [-0.2, 0) is 4.79 Å². The van der Waals surface area contributed by atoms with Gasteiger partial charge in [-0.2, -0.15) is 0 Å². The van der Waals surface area contributed by atoms with Crippen molar-refractivity contribution in [2.75, 3.05) is 11.4 Å². The second-order valence-corrected chi connectivity index (χ2v) is 4.99. The van der Waals surface area contributed by atoms with Crippen LogP contribution in [0.1, 0.15) is 39.5 Å². The van der Waals surface area contributed by atoms with Crippen molar-refractivity contribution in [2.45, 2.75) is 39.5 Å². The fourth-order valence-corrected chi connectivity index (χ4v) is 2.49. The number of anilines is 1. The second-order valence-electron chi connectivity index (χ2n) is 4.10. The lowest BCUT2D eigenvalue weighted by atomic mass is 10.2. The maximum absolute atomic E-state index is 11.6. The average molecular weight is 270 g/mol. The molecule has 1 heterocycles. The molecule has 0 aliphatic heterocycles. The molecule has 0 radical (unpaired) electrons. The highest BCUT2D eigenvalue weighted by Crippen LogP contribution is 2.34. The Morgan fingerprint density at radius 3 is 2.72 bits per heavy atom. The van der Waals surface area contributed by atoms with Gasteiger partial charge in [-0.05, 0) is 17.9 Å². The van der Waals surface area contributed by atoms with E-state index in [1.165, 1.54) is 11.8 Å². The van der Waals surface area contributed by atoms with Crippen molar-refractivity contribution in [3.63, 3.8) is 0 Å². The van der Waals surface area contributed by atoms with Gasteiger partial charge >= 0.3 is 5.00 Å². The van der Waals surface area contributed by atoms with Crippen molar-refractivity contribution in [3.05, 3.63) is 21.6 Å². The average Bonchev–Trinajstić information content (AvgIpc) is 2.77. The minimum atomic E-state index is -0.429. The molecule has 0 aliphatic rings. The molecule has 0 saturated carbocycles. The maximum atomic E-state index is 11.6. The van der Waals surface area contributed by atoms with Gasteiger partial charge in [0.15, 0.2) is 0 Å². The number of hydrogen-bond donors (Lipinski definition) is 0. The van der Waals surface area contributed by atoms with Gasteiger partial charge in [0, 0.05) is 13.5 Å². The van der Waals surface area contributed by atoms with Crippen LogP contribution in [0.25, 0.3) is 0 Å². The first-order valence-electron chi connectivity index (χ1n) is 6.08. The third kappa shape index (κ3) is 3.80. The number of nitrogens with zero attached hydrogens (tertiary/aromatic N) is 2. The first kappa shape index (κ1) is 14.6. The molecular formula is C12H18N2O3S. The van der Waals surface area contributed by atoms with Gasteiger partial charge in [0.05, 0.1) is 4.92 Å². The Morgan fingerprint density at radius 1 is 1.44 bits per heavy atom. The highest BCUT2D eigenvalue weighted by molar-refractivity contribution is 7.14. The third-order valence-corrected chi connectivity index (χ3v) is 3.55. The lowest BCUT2D eigenvalue weighted by Crippen LogP contribution is -2.29. The second kappa shape index (κ2) is 7.10. The quantitative estimate of drug-likeness (QED) is 0.432. The summed E-state index contributed by atoms with van der Waals surface area (Å²) in [5.41, 5.74) is 0.425. The fraction of sp³-hybridized carbons (Fsp3) is 0.583. The summed E-state index contributed by atoms with van der Waals surface area (Å²) in [5.74, 6) is -0.145. The molecule has 5 nitrogen and oxygen atoms in total. The summed E-state index contributed by atoms with van der Waals surface area (Å²) in [6.45, 7) is 4.11. The van der Waals surface area contributed by atoms with Gasteiger partial charge in [0.25, 0.3) is 0 Å². The van der Waals surface area contributed by atoms with Gasteiger partial charge in [0.2, 0.25) is 5.91 Å². The van der Waals surface area contributed by atoms with Crippen LogP contribution in [0.5, 0.6) is 0 Å². The predicted molar refractivity (Wildman–Crippen MR) is 73.1 cm³/mol. The van der Waals surface area contributed by atoms with E-state index in [2.05, 4.69) is 6.92 Å². The molecule has 0 fully saturated rings. The Kier molecular flexibility index (Phi) is 5.77. The smallest absolute Gasteiger partial charge is 0.306 e. The van der Waals surface area contributed by atoms with Crippen LogP contribution >= 0.6 is 11.3 Å². The van der Waals surface area contributed by atoms with E-state index < -0.39 is 4.92 Å². The van der Waals surface area contributed by atoms with Gasteiger partial charge in [-0.3, -0.25) is 14.9 Å². The first-order chi connectivity index (χ1) is 8.57. The van der Waals surface area contributed by atoms with Gasteiger partial charge in [-0.1, -0.05) is 37.5 Å². The molecule has 1 aromatic rings. The molecule has 0 aliphatic carbocycles. The monoisotopic (exact) mass is 270 g/mol. The Labute approximate surface area is 111 Å². The van der Waals surface area contributed by atoms with Crippen molar-refractivity contribution in [3.8, 4) is 0 Å². The molecule has 0 aromatic carbocycles. The van der Waals surface area contributed by atoms with Crippen LogP contribution in [0, 0.1) is 10.1 Å². The Morgan fingerprint density at radius 2 is 2.17 bits per heavy atom. The largest absolute Gasteiger partial charge is 0.347 e. The molecule has 1 rings (SSSR count). The summed E-state index contributed by atoms with van der Waals surface area (Å²) >= 11 is 1.05. The number of thiophene rings is 1. The zero-order valence-electron chi connectivity index (χ0n) is 10.7. The van der Waals surface area contributed by atoms with Crippen LogP contribution in [0.3, 0.4) is 0 Å². The molecule has 0 atom stereocenters. The number of amides is 1. The van der Waals surface area contributed by atoms with E-state index in [1.807, 2.05) is 0 Å². The third-order valence-electron chi connectivity index (χ3n) is 2.70. The zero-order valence-corrected chi connectivity index (χ0v) is 11.5. The van der Waals surface area contributed by atoms with E-state index in [9.17, 15) is 14.9 Å². The highest BCUT2D eigenvalue weighted by atomic mass is 32.1. The standard InChI is InChI=1S/C12H18N2O3S/c1-3-4-5-6-8-13(10(2)15)11-7-9-18-12(11)14(16)17/h7,9H,3-6,8H2,1-2H3. The normalized spacial score (nSPS) is 10.3. The molecular weight excluding hydrogens is 252 g/mol. The lowest BCUT2D eigenvalue weighted by Gasteiger charge is -2.18. The Hall–Kier alpha value is -1.43. The summed E-state index contributed by atoms with van der Waals surface area (Å²) in [7, 11) is 0.